The van der Waals surface area contributed by atoms with Gasteiger partial charge in [-0.15, -0.1) is 0 Å². The van der Waals surface area contributed by atoms with E-state index in [-0.39, 0.29) is 159 Å². The molecule has 5 atom stereocenters. The van der Waals surface area contributed by atoms with E-state index in [0.29, 0.717) is 29.8 Å². The zero-order valence-electron chi connectivity index (χ0n) is 83.3. The van der Waals surface area contributed by atoms with E-state index in [9.17, 15) is 45.7 Å². The molecule has 0 amide bonds. The first kappa shape index (κ1) is 150. The summed E-state index contributed by atoms with van der Waals surface area (Å²) in [6, 6.07) is 92.6. The second kappa shape index (κ2) is 71.9. The molecule has 2 aromatic heterocycles. The summed E-state index contributed by atoms with van der Waals surface area (Å²) in [6.45, 7) is 37.9. The third-order valence-electron chi connectivity index (χ3n) is 24.4. The maximum absolute atomic E-state index is 12.7. The van der Waals surface area contributed by atoms with E-state index in [1.54, 1.807) is 52.1 Å². The molecule has 11 aromatic carbocycles. The summed E-state index contributed by atoms with van der Waals surface area (Å²) < 4.78 is 91.4. The van der Waals surface area contributed by atoms with Gasteiger partial charge in [0.15, 0.2) is 38.7 Å². The van der Waals surface area contributed by atoms with Gasteiger partial charge in [0.1, 0.15) is 48.8 Å². The van der Waals surface area contributed by atoms with Gasteiger partial charge in [-0.05, 0) is 294 Å². The lowest BCUT2D eigenvalue weighted by Gasteiger charge is -2.23. The lowest BCUT2D eigenvalue weighted by Crippen LogP contribution is -2.39. The maximum Gasteiger partial charge on any atom is 0.428 e. The Morgan fingerprint density at radius 1 is 0.342 bits per heavy atom. The first-order valence-corrected chi connectivity index (χ1v) is 50.6. The molecule has 5 unspecified atom stereocenters. The van der Waals surface area contributed by atoms with Crippen molar-refractivity contribution in [3.63, 3.8) is 0 Å². The molecule has 0 bridgehead atoms. The molecule has 18 nitrogen and oxygen atoms in total. The Balaban J connectivity index is -0.000000309. The summed E-state index contributed by atoms with van der Waals surface area (Å²) in [4.78, 5) is 60.6. The van der Waals surface area contributed by atoms with Gasteiger partial charge < -0.3 is 53.4 Å². The molecule has 0 fully saturated rings. The molecule has 0 spiro atoms. The molecule has 0 aliphatic rings. The predicted molar refractivity (Wildman–Crippen MR) is 634 cm³/mol. The number of aliphatic hydroxyl groups is 2. The van der Waals surface area contributed by atoms with Crippen molar-refractivity contribution >= 4 is 101 Å². The molecule has 832 valence electrons. The van der Waals surface area contributed by atoms with Crippen LogP contribution in [0.15, 0.2) is 273 Å². The van der Waals surface area contributed by atoms with E-state index in [0.717, 1.165) is 67.4 Å². The fraction of sp³-hybridized carbons (Fsp3) is 0.437. The summed E-state index contributed by atoms with van der Waals surface area (Å²) in [5, 5.41) is 36.4. The molecule has 2 heterocycles. The summed E-state index contributed by atoms with van der Waals surface area (Å²) in [5.74, 6) is -0.878. The molecule has 0 aliphatic carbocycles. The largest absolute Gasteiger partial charge is 0.743 e. The average molecular weight is 2130 g/mol. The van der Waals surface area contributed by atoms with Gasteiger partial charge in [-0.25, -0.2) is 13.2 Å². The Kier molecular flexibility index (Phi) is 72.5. The van der Waals surface area contributed by atoms with Crippen molar-refractivity contribution in [2.24, 2.45) is 21.7 Å². The van der Waals surface area contributed by atoms with Crippen molar-refractivity contribution in [1.29, 1.82) is 0 Å². The highest BCUT2D eigenvalue weighted by atomic mass is 32.2. The van der Waals surface area contributed by atoms with Crippen molar-refractivity contribution in [3.05, 3.63) is 317 Å². The Hall–Kier alpha value is -11.7. The Bertz CT molecular complexity index is 5700. The second-order valence-corrected chi connectivity index (χ2v) is 41.4. The molecular weight excluding hydrogens is 1940 g/mol. The van der Waals surface area contributed by atoms with Crippen molar-refractivity contribution in [1.82, 2.24) is 0 Å². The minimum absolute atomic E-state index is 0. The number of carbonyl (C=O) groups is 5. The van der Waals surface area contributed by atoms with Crippen LogP contribution in [0.25, 0.3) is 50.1 Å². The molecule has 23 heteroatoms. The van der Waals surface area contributed by atoms with Crippen LogP contribution in [0.3, 0.4) is 0 Å². The lowest BCUT2D eigenvalue weighted by molar-refractivity contribution is -0.167. The van der Waals surface area contributed by atoms with Crippen LogP contribution in [-0.2, 0) is 70.6 Å². The number of phenolic OH excluding ortho intramolecular Hbond substituents is 2. The molecule has 149 heavy (non-hydrogen) atoms. The maximum atomic E-state index is 12.7. The fourth-order valence-electron chi connectivity index (χ4n) is 13.0. The molecule has 13 rings (SSSR count). The number of methoxy groups -OCH3 is 1. The van der Waals surface area contributed by atoms with Crippen LogP contribution in [0, 0.1) is 28.6 Å². The number of fused-ring (bicyclic) bond motifs is 6. The third-order valence-corrected chi connectivity index (χ3v) is 29.8. The van der Waals surface area contributed by atoms with Crippen molar-refractivity contribution in [2.75, 3.05) is 33.5 Å². The number of esters is 5. The van der Waals surface area contributed by atoms with E-state index in [1.807, 2.05) is 193 Å². The van der Waals surface area contributed by atoms with Gasteiger partial charge in [0, 0.05) is 55.7 Å². The number of phenols is 2. The molecular formula is C126H189F2O18S3+. The number of hydrogen-bond donors (Lipinski definition) is 4. The number of rotatable bonds is 30. The number of aryl methyl sites for hydroxylation is 1. The highest BCUT2D eigenvalue weighted by Crippen LogP contribution is 2.50. The van der Waals surface area contributed by atoms with Gasteiger partial charge in [-0.1, -0.05) is 314 Å². The Morgan fingerprint density at radius 3 is 0.852 bits per heavy atom. The predicted octanol–water partition coefficient (Wildman–Crippen LogP) is 36.1. The topological polar surface area (TPSA) is 279 Å². The molecule has 0 saturated carbocycles. The number of hydrogen-bond acceptors (Lipinski definition) is 18. The minimum Gasteiger partial charge on any atom is -0.743 e. The summed E-state index contributed by atoms with van der Waals surface area (Å²) in [7, 11) is -4.55. The van der Waals surface area contributed by atoms with Gasteiger partial charge in [0.25, 0.3) is 0 Å². The number of alkyl halides is 2. The second-order valence-electron chi connectivity index (χ2n) is 36.1. The third kappa shape index (κ3) is 44.8. The van der Waals surface area contributed by atoms with Gasteiger partial charge in [-0.2, -0.15) is 8.78 Å². The van der Waals surface area contributed by atoms with Crippen molar-refractivity contribution in [2.45, 2.75) is 314 Å². The van der Waals surface area contributed by atoms with E-state index in [4.69, 9.17) is 39.4 Å². The quantitative estimate of drug-likeness (QED) is 0.0107. The Morgan fingerprint density at radius 2 is 0.591 bits per heavy atom. The minimum atomic E-state index is -6.15. The van der Waals surface area contributed by atoms with Crippen LogP contribution < -0.4 is 4.74 Å². The van der Waals surface area contributed by atoms with Crippen LogP contribution in [0.2, 0.25) is 0 Å². The van der Waals surface area contributed by atoms with E-state index in [2.05, 4.69) is 183 Å². The molecule has 0 saturated heterocycles. The summed E-state index contributed by atoms with van der Waals surface area (Å²) >= 11 is 0. The highest BCUT2D eigenvalue weighted by Gasteiger charge is 2.48. The summed E-state index contributed by atoms with van der Waals surface area (Å²) in [6.07, 6.45) is 5.93. The van der Waals surface area contributed by atoms with E-state index in [1.165, 1.54) is 78.0 Å². The first-order chi connectivity index (χ1) is 64.8. The van der Waals surface area contributed by atoms with Crippen LogP contribution in [0.1, 0.15) is 334 Å². The number of carbonyl (C=O) groups excluding carboxylic acids is 5. The van der Waals surface area contributed by atoms with Gasteiger partial charge in [-0.3, -0.25) is 19.2 Å². The van der Waals surface area contributed by atoms with Crippen LogP contribution in [0.5, 0.6) is 17.2 Å². The standard InChI is InChI=1S/2C20H17OS.C15H22O3.C15H22O2.C14H20O2.C10H16F2O7S.2C10H14O.12CH4/c2*21-14-13-15-9-11-16(12-10-15)22-19-7-3-1-5-17(19)18-6-2-4-8-20(18)22;1-6-15(3,4)14(16)18-11(2)12-7-9-13(17-5)10-8-12;1-6-15(4,5)14(16)17-12(3)13-9-7-11(2)8-10-13;1-5-14(3,4)13(15)16-11(2)12-9-7-6-8-10-12;1-4-9(2,3)7(13)18-5-6-19-8(14)10(11,12)20(15,16)17;2*1-3-8(2)9-4-6-10(11)7-5-9;;;;;;;;;;;;/h2*1-12,21H,13-14H2;7-11H,6H2,1-5H3;7-10,12H,6H2,1-5H3;6-11H,5H2,1-4H3;4-6H2,1-3H3,(H,15,16,17);2*4-8,11H,3H2,1-2H3;12*1H4/q2*+1;;;;;;;;;;;;;;;;;;/p-1. The van der Waals surface area contributed by atoms with Gasteiger partial charge in [0.05, 0.1) is 28.8 Å². The number of ether oxygens (including phenoxy) is 6. The van der Waals surface area contributed by atoms with E-state index < -0.39 is 62.2 Å². The number of aromatic hydroxyl groups is 2. The normalized spacial score (nSPS) is 11.5. The number of benzene rings is 11. The van der Waals surface area contributed by atoms with Gasteiger partial charge >= 0.3 is 35.1 Å². The Labute approximate surface area is 903 Å². The molecule has 13 aromatic rings. The van der Waals surface area contributed by atoms with Crippen LogP contribution in [-0.4, -0.2) is 102 Å². The lowest BCUT2D eigenvalue weighted by atomic mass is 9.90. The summed E-state index contributed by atoms with van der Waals surface area (Å²) in [5.41, 5.74) is 7.20. The SMILES string of the molecule is C.C.C.C.C.C.C.C.C.C.C.C.CCC(C)(C)C(=O)OC(C)c1ccc(C)cc1.CCC(C)(C)C(=O)OC(C)c1ccc(OC)cc1.CCC(C)(C)C(=O)OC(C)c1ccccc1.CCC(C)(C)C(=O)OCCOC(=O)C(F)(F)S(=O)(=O)[O-].CCC(C)c1ccc(O)cc1.CCC(C)c1ccc(O)cc1.OCCc1ccc(-[s+]2c3ccccc3c3ccccc32)cc1.OCCc1ccc(-[s+]2c3ccccc3c3ccccc32)cc1. The van der Waals surface area contributed by atoms with Crippen molar-refractivity contribution in [3.8, 4) is 27.0 Å². The van der Waals surface area contributed by atoms with E-state index >= 15 is 0 Å². The van der Waals surface area contributed by atoms with Crippen LogP contribution >= 0.6 is 20.9 Å². The van der Waals surface area contributed by atoms with Gasteiger partial charge in [0.2, 0.25) is 0 Å². The van der Waals surface area contributed by atoms with Crippen molar-refractivity contribution < 1.29 is 94.6 Å². The molecule has 0 radical (unpaired) electrons. The zero-order chi connectivity index (χ0) is 102. The highest BCUT2D eigenvalue weighted by molar-refractivity contribution is 7.87. The number of aliphatic hydroxyl groups excluding tert-OH is 2. The number of thiophene rings is 2. The monoisotopic (exact) mass is 2120 g/mol. The molecule has 0 aliphatic heterocycles. The smallest absolute Gasteiger partial charge is 0.428 e. The average Bonchev–Trinajstić information content (AvgIpc) is 1.59. The van der Waals surface area contributed by atoms with Crippen LogP contribution in [0.4, 0.5) is 8.78 Å². The zero-order valence-corrected chi connectivity index (χ0v) is 85.8. The first-order valence-electron chi connectivity index (χ1n) is 46.7. The molecule has 4 N–H and O–H groups in total. The fourth-order valence-corrected chi connectivity index (χ4v) is 18.0. The number of halogens is 2.